The molecule has 4 aromatic carbocycles. The van der Waals surface area contributed by atoms with Crippen molar-refractivity contribution in [3.63, 3.8) is 0 Å². The first-order valence-electron chi connectivity index (χ1n) is 15.2. The van der Waals surface area contributed by atoms with Gasteiger partial charge in [-0.05, 0) is 46.8 Å². The van der Waals surface area contributed by atoms with Crippen LogP contribution in [-0.2, 0) is 16.1 Å². The van der Waals surface area contributed by atoms with E-state index in [9.17, 15) is 9.59 Å². The Balaban J connectivity index is 1.38. The van der Waals surface area contributed by atoms with E-state index < -0.39 is 12.0 Å². The van der Waals surface area contributed by atoms with Crippen molar-refractivity contribution >= 4 is 51.2 Å². The summed E-state index contributed by atoms with van der Waals surface area (Å²) in [5.41, 5.74) is 3.07. The first-order valence-corrected chi connectivity index (χ1v) is 16.8. The minimum atomic E-state index is -0.699. The van der Waals surface area contributed by atoms with Gasteiger partial charge in [0.15, 0.2) is 16.3 Å². The summed E-state index contributed by atoms with van der Waals surface area (Å²) in [5, 5.41) is 4.18. The number of thiazole rings is 1. The van der Waals surface area contributed by atoms with E-state index in [4.69, 9.17) is 19.2 Å². The number of fused-ring (bicyclic) bond motifs is 2. The quantitative estimate of drug-likeness (QED) is 0.161. The Bertz CT molecular complexity index is 2300. The molecule has 0 radical (unpaired) electrons. The van der Waals surface area contributed by atoms with Gasteiger partial charge in [0.1, 0.15) is 12.6 Å². The Hall–Kier alpha value is -5.25. The molecule has 0 bridgehead atoms. The number of benzene rings is 4. The summed E-state index contributed by atoms with van der Waals surface area (Å²) in [6.45, 7) is 2.28. The van der Waals surface area contributed by atoms with Gasteiger partial charge in [0.2, 0.25) is 0 Å². The number of esters is 1. The van der Waals surface area contributed by atoms with E-state index >= 15 is 0 Å². The van der Waals surface area contributed by atoms with Crippen LogP contribution in [0, 0.1) is 0 Å². The molecular formula is C38H30N2O5S2. The van der Waals surface area contributed by atoms with Crippen LogP contribution in [0.25, 0.3) is 22.5 Å². The molecule has 3 heterocycles. The predicted octanol–water partition coefficient (Wildman–Crippen LogP) is 6.74. The molecule has 7 rings (SSSR count). The molecule has 0 unspecified atom stereocenters. The van der Waals surface area contributed by atoms with Gasteiger partial charge in [-0.25, -0.2) is 9.79 Å². The van der Waals surface area contributed by atoms with E-state index in [1.54, 1.807) is 18.6 Å². The van der Waals surface area contributed by atoms with E-state index in [-0.39, 0.29) is 12.2 Å². The summed E-state index contributed by atoms with van der Waals surface area (Å²) in [6, 6.07) is 32.6. The average molecular weight is 659 g/mol. The van der Waals surface area contributed by atoms with E-state index in [0.717, 1.165) is 26.8 Å². The molecule has 9 heteroatoms. The number of aromatic nitrogens is 1. The zero-order valence-corrected chi connectivity index (χ0v) is 27.3. The molecular weight excluding hydrogens is 629 g/mol. The van der Waals surface area contributed by atoms with E-state index in [0.29, 0.717) is 44.3 Å². The van der Waals surface area contributed by atoms with Crippen LogP contribution in [0.5, 0.6) is 11.5 Å². The van der Waals surface area contributed by atoms with Gasteiger partial charge in [0.25, 0.3) is 5.56 Å². The highest BCUT2D eigenvalue weighted by atomic mass is 32.1. The molecule has 0 saturated heterocycles. The maximum atomic E-state index is 14.3. The third kappa shape index (κ3) is 5.80. The molecule has 0 N–H and O–H groups in total. The van der Waals surface area contributed by atoms with Gasteiger partial charge in [-0.15, -0.1) is 11.3 Å². The van der Waals surface area contributed by atoms with E-state index in [1.807, 2.05) is 96.4 Å². The Labute approximate surface area is 279 Å². The molecule has 0 aliphatic carbocycles. The van der Waals surface area contributed by atoms with Crippen molar-refractivity contribution in [1.29, 1.82) is 0 Å². The second-order valence-corrected chi connectivity index (χ2v) is 12.7. The number of ether oxygens (including phenoxy) is 3. The van der Waals surface area contributed by atoms with Crippen LogP contribution >= 0.6 is 22.7 Å². The number of rotatable bonds is 9. The highest BCUT2D eigenvalue weighted by Crippen LogP contribution is 2.37. The maximum Gasteiger partial charge on any atom is 0.338 e. The fraction of sp³-hybridized carbons (Fsp3) is 0.132. The second-order valence-electron chi connectivity index (χ2n) is 10.8. The Kier molecular flexibility index (Phi) is 8.56. The summed E-state index contributed by atoms with van der Waals surface area (Å²) >= 11 is 2.75. The molecule has 6 aromatic rings. The summed E-state index contributed by atoms with van der Waals surface area (Å²) in [5.74, 6) is 0.583. The van der Waals surface area contributed by atoms with Gasteiger partial charge < -0.3 is 14.2 Å². The van der Waals surface area contributed by atoms with E-state index in [2.05, 4.69) is 18.2 Å². The number of para-hydroxylation sites is 1. The highest BCUT2D eigenvalue weighted by Gasteiger charge is 2.35. The monoisotopic (exact) mass is 658 g/mol. The molecule has 0 fully saturated rings. The van der Waals surface area contributed by atoms with Crippen LogP contribution in [0.1, 0.15) is 34.5 Å². The number of methoxy groups -OCH3 is 1. The Morgan fingerprint density at radius 2 is 1.72 bits per heavy atom. The van der Waals surface area contributed by atoms with Gasteiger partial charge in [-0.3, -0.25) is 9.36 Å². The molecule has 1 aliphatic rings. The minimum Gasteiger partial charge on any atom is -0.493 e. The summed E-state index contributed by atoms with van der Waals surface area (Å²) in [7, 11) is 1.60. The van der Waals surface area contributed by atoms with Crippen molar-refractivity contribution < 1.29 is 19.0 Å². The number of nitrogens with zero attached hydrogens (tertiary/aromatic N) is 2. The van der Waals surface area contributed by atoms with E-state index in [1.165, 1.54) is 22.7 Å². The molecule has 234 valence electrons. The minimum absolute atomic E-state index is 0.198. The van der Waals surface area contributed by atoms with Gasteiger partial charge in [-0.2, -0.15) is 0 Å². The topological polar surface area (TPSA) is 79.1 Å². The van der Waals surface area contributed by atoms with Gasteiger partial charge in [-0.1, -0.05) is 102 Å². The van der Waals surface area contributed by atoms with Crippen molar-refractivity contribution in [3.05, 3.63) is 155 Å². The number of hydrogen-bond donors (Lipinski definition) is 0. The van der Waals surface area contributed by atoms with Crippen molar-refractivity contribution in [2.45, 2.75) is 19.6 Å². The predicted molar refractivity (Wildman–Crippen MR) is 187 cm³/mol. The van der Waals surface area contributed by atoms with Crippen LogP contribution in [0.2, 0.25) is 0 Å². The number of carbonyl (C=O) groups is 1. The van der Waals surface area contributed by atoms with Crippen LogP contribution in [0.4, 0.5) is 0 Å². The summed E-state index contributed by atoms with van der Waals surface area (Å²) < 4.78 is 19.8. The van der Waals surface area contributed by atoms with Crippen molar-refractivity contribution in [3.8, 4) is 11.5 Å². The molecule has 0 saturated carbocycles. The zero-order valence-electron chi connectivity index (χ0n) is 25.7. The third-order valence-electron chi connectivity index (χ3n) is 7.95. The SMILES string of the molecule is CCOC(=O)C1=C(c2ccccc2)N=c2s/c(=C\c3cccc(OC)c3OCc3cccc4ccccc34)c(=O)n2[C@H]1c1cccs1. The lowest BCUT2D eigenvalue weighted by molar-refractivity contribution is -0.138. The van der Waals surface area contributed by atoms with Crippen LogP contribution < -0.4 is 24.4 Å². The molecule has 0 amide bonds. The summed E-state index contributed by atoms with van der Waals surface area (Å²) in [6.07, 6.45) is 1.81. The van der Waals surface area contributed by atoms with Crippen molar-refractivity contribution in [1.82, 2.24) is 4.57 Å². The number of hydrogen-bond acceptors (Lipinski definition) is 8. The van der Waals surface area contributed by atoms with Crippen molar-refractivity contribution in [2.24, 2.45) is 4.99 Å². The summed E-state index contributed by atoms with van der Waals surface area (Å²) in [4.78, 5) is 34.2. The Morgan fingerprint density at radius 1 is 0.936 bits per heavy atom. The van der Waals surface area contributed by atoms with Gasteiger partial charge in [0.05, 0.1) is 29.5 Å². The molecule has 2 aromatic heterocycles. The standard InChI is InChI=1S/C38H30N2O5S2/c1-3-44-37(42)32-33(25-13-5-4-6-14-25)39-38-40(34(32)30-20-11-21-46-30)36(41)31(47-38)22-26-16-10-19-29(43-2)35(26)45-23-27-17-9-15-24-12-7-8-18-28(24)27/h4-22,34H,3,23H2,1-2H3/b31-22-/t34-/m0/s1. The lowest BCUT2D eigenvalue weighted by Crippen LogP contribution is -2.39. The lowest BCUT2D eigenvalue weighted by atomic mass is 9.97. The third-order valence-corrected chi connectivity index (χ3v) is 9.86. The highest BCUT2D eigenvalue weighted by molar-refractivity contribution is 7.10. The second kappa shape index (κ2) is 13.2. The normalized spacial score (nSPS) is 14.5. The molecule has 7 nitrogen and oxygen atoms in total. The molecule has 47 heavy (non-hydrogen) atoms. The number of carbonyl (C=O) groups excluding carboxylic acids is 1. The number of thiophene rings is 1. The Morgan fingerprint density at radius 3 is 2.51 bits per heavy atom. The van der Waals surface area contributed by atoms with Crippen LogP contribution in [0.15, 0.2) is 124 Å². The first kappa shape index (κ1) is 30.4. The lowest BCUT2D eigenvalue weighted by Gasteiger charge is -2.24. The van der Waals surface area contributed by atoms with Crippen LogP contribution in [0.3, 0.4) is 0 Å². The largest absolute Gasteiger partial charge is 0.493 e. The smallest absolute Gasteiger partial charge is 0.338 e. The first-order chi connectivity index (χ1) is 23.1. The molecule has 0 spiro atoms. The molecule has 1 aliphatic heterocycles. The fourth-order valence-corrected chi connectivity index (χ4v) is 7.64. The van der Waals surface area contributed by atoms with Crippen LogP contribution in [-0.4, -0.2) is 24.3 Å². The zero-order chi connectivity index (χ0) is 32.3. The fourth-order valence-electron chi connectivity index (χ4n) is 5.83. The van der Waals surface area contributed by atoms with Crippen molar-refractivity contribution in [2.75, 3.05) is 13.7 Å². The maximum absolute atomic E-state index is 14.3. The van der Waals surface area contributed by atoms with Gasteiger partial charge >= 0.3 is 5.97 Å². The average Bonchev–Trinajstić information content (AvgIpc) is 3.75. The van der Waals surface area contributed by atoms with Gasteiger partial charge in [0, 0.05) is 16.0 Å². The molecule has 1 atom stereocenters.